The molecule has 0 saturated carbocycles. The number of hydrogen-bond donors (Lipinski definition) is 10. The third kappa shape index (κ3) is 9.49. The largest absolute Gasteiger partial charge is 0.504 e. The molecule has 5 rings (SSSR count). The smallest absolute Gasteiger partial charge is 0.343 e. The summed E-state index contributed by atoms with van der Waals surface area (Å²) in [5, 5.41) is 105. The van der Waals surface area contributed by atoms with Crippen molar-refractivity contribution in [2.24, 2.45) is 5.92 Å². The SMILES string of the molecule is COc1c([C@H](O)CC(C)C)ccc(Oc2c(O)cc(C)cc2CO[C@@H]2OC[C@H](O[C@@H]3OC[C@H](O)[C@H](O[C@@H]4O[C@H](CO)[C@H](O)[C@@H]4O)[C@@H]3O)[C@@H](O)[C@@H]2O)c1C(=O)O. The average molecular weight is 787 g/mol. The number of aryl methyl sites for hydroxylation is 1. The molecule has 2 aromatic carbocycles. The number of carboxylic acids is 1. The van der Waals surface area contributed by atoms with Crippen LogP contribution in [0.15, 0.2) is 24.3 Å². The van der Waals surface area contributed by atoms with E-state index in [1.54, 1.807) is 13.0 Å². The molecule has 3 fully saturated rings. The highest BCUT2D eigenvalue weighted by atomic mass is 16.7. The summed E-state index contributed by atoms with van der Waals surface area (Å²) in [5.74, 6) is -2.19. The van der Waals surface area contributed by atoms with E-state index in [0.717, 1.165) is 0 Å². The van der Waals surface area contributed by atoms with Gasteiger partial charge in [-0.2, -0.15) is 0 Å². The summed E-state index contributed by atoms with van der Waals surface area (Å²) in [5.41, 5.74) is 0.626. The number of hydrogen-bond acceptors (Lipinski definition) is 18. The maximum absolute atomic E-state index is 12.4. The van der Waals surface area contributed by atoms with Crippen LogP contribution < -0.4 is 9.47 Å². The van der Waals surface area contributed by atoms with Crippen molar-refractivity contribution in [2.45, 2.75) is 114 Å². The lowest BCUT2D eigenvalue weighted by atomic mass is 9.96. The van der Waals surface area contributed by atoms with Crippen LogP contribution in [0.5, 0.6) is 23.0 Å². The number of aromatic carboxylic acids is 1. The van der Waals surface area contributed by atoms with Crippen LogP contribution in [0.3, 0.4) is 0 Å². The Morgan fingerprint density at radius 3 is 2.22 bits per heavy atom. The van der Waals surface area contributed by atoms with Gasteiger partial charge in [0.2, 0.25) is 0 Å². The van der Waals surface area contributed by atoms with E-state index >= 15 is 0 Å². The van der Waals surface area contributed by atoms with E-state index in [-0.39, 0.29) is 46.6 Å². The van der Waals surface area contributed by atoms with Crippen LogP contribution in [-0.4, -0.2) is 158 Å². The van der Waals surface area contributed by atoms with Gasteiger partial charge in [-0.3, -0.25) is 0 Å². The second kappa shape index (κ2) is 18.3. The molecule has 3 saturated heterocycles. The highest BCUT2D eigenvalue weighted by molar-refractivity contribution is 5.95. The lowest BCUT2D eigenvalue weighted by molar-refractivity contribution is -0.342. The predicted octanol–water partition coefficient (Wildman–Crippen LogP) is -0.839. The molecule has 3 aliphatic rings. The molecule has 19 nitrogen and oxygen atoms in total. The fourth-order valence-electron chi connectivity index (χ4n) is 6.66. The van der Waals surface area contributed by atoms with E-state index in [4.69, 9.17) is 37.9 Å². The van der Waals surface area contributed by atoms with Gasteiger partial charge in [0.05, 0.1) is 39.6 Å². The van der Waals surface area contributed by atoms with Crippen LogP contribution in [-0.2, 0) is 35.0 Å². The maximum Gasteiger partial charge on any atom is 0.343 e. The Kier molecular flexibility index (Phi) is 14.3. The average Bonchev–Trinajstić information content (AvgIpc) is 3.40. The standard InChI is InChI=1S/C36H50O19/c1-14(2)7-18(38)17-5-6-21(24(33(46)47)31(17)48-4)52-30-16(8-15(3)9-19(30)39)11-49-34-27(43)26(42)23(13-51-34)54-35-29(45)32(20(40)12-50-35)55-36-28(44)25(41)22(10-37)53-36/h5-6,8-9,14,18,20,22-23,25-29,32,34-45H,7,10-13H2,1-4H3,(H,46,47)/t18-,20+,22-,23+,25+,26-,27+,28+,29+,32+,34-,35+,36+/m1/s1. The molecule has 3 heterocycles. The maximum atomic E-state index is 12.4. The molecule has 0 unspecified atom stereocenters. The lowest BCUT2D eigenvalue weighted by Crippen LogP contribution is -2.60. The molecule has 2 aromatic rings. The number of ether oxygens (including phenoxy) is 8. The minimum absolute atomic E-state index is 0.0946. The minimum Gasteiger partial charge on any atom is -0.504 e. The van der Waals surface area contributed by atoms with Crippen molar-refractivity contribution in [1.82, 2.24) is 0 Å². The number of carboxylic acid groups (broad SMARTS) is 1. The second-order valence-corrected chi connectivity index (χ2v) is 14.1. The minimum atomic E-state index is -1.73. The number of carbonyl (C=O) groups is 1. The molecule has 0 aromatic heterocycles. The summed E-state index contributed by atoms with van der Waals surface area (Å²) in [7, 11) is 1.26. The molecule has 19 heteroatoms. The van der Waals surface area contributed by atoms with Gasteiger partial charge in [-0.05, 0) is 49.1 Å². The molecule has 0 aliphatic carbocycles. The van der Waals surface area contributed by atoms with E-state index in [1.165, 1.54) is 25.3 Å². The first-order valence-electron chi connectivity index (χ1n) is 17.7. The summed E-state index contributed by atoms with van der Waals surface area (Å²) >= 11 is 0. The summed E-state index contributed by atoms with van der Waals surface area (Å²) in [6.45, 7) is 3.67. The fourth-order valence-corrected chi connectivity index (χ4v) is 6.66. The predicted molar refractivity (Wildman–Crippen MR) is 183 cm³/mol. The third-order valence-electron chi connectivity index (χ3n) is 9.49. The first-order valence-corrected chi connectivity index (χ1v) is 17.7. The van der Waals surface area contributed by atoms with Crippen molar-refractivity contribution in [3.05, 3.63) is 46.5 Å². The Labute approximate surface area is 315 Å². The van der Waals surface area contributed by atoms with Crippen LogP contribution in [0.25, 0.3) is 0 Å². The zero-order valence-corrected chi connectivity index (χ0v) is 30.6. The van der Waals surface area contributed by atoms with Crippen LogP contribution >= 0.6 is 0 Å². The van der Waals surface area contributed by atoms with Crippen molar-refractivity contribution in [3.63, 3.8) is 0 Å². The number of phenols is 1. The zero-order chi connectivity index (χ0) is 40.3. The summed E-state index contributed by atoms with van der Waals surface area (Å²) in [6, 6.07) is 5.77. The van der Waals surface area contributed by atoms with Crippen LogP contribution in [0.1, 0.15) is 53.4 Å². The monoisotopic (exact) mass is 786 g/mol. The Bertz CT molecular complexity index is 1610. The van der Waals surface area contributed by atoms with Gasteiger partial charge >= 0.3 is 5.97 Å². The van der Waals surface area contributed by atoms with E-state index in [2.05, 4.69) is 0 Å². The molecule has 0 amide bonds. The van der Waals surface area contributed by atoms with E-state index in [9.17, 15) is 55.9 Å². The van der Waals surface area contributed by atoms with Crippen LogP contribution in [0.4, 0.5) is 0 Å². The number of aliphatic hydroxyl groups is 8. The Morgan fingerprint density at radius 2 is 1.58 bits per heavy atom. The number of aliphatic hydroxyl groups excluding tert-OH is 8. The van der Waals surface area contributed by atoms with Gasteiger partial charge in [-0.25, -0.2) is 4.79 Å². The van der Waals surface area contributed by atoms with Gasteiger partial charge < -0.3 is 89.0 Å². The van der Waals surface area contributed by atoms with Crippen molar-refractivity contribution in [3.8, 4) is 23.0 Å². The second-order valence-electron chi connectivity index (χ2n) is 14.1. The molecule has 0 radical (unpaired) electrons. The lowest BCUT2D eigenvalue weighted by Gasteiger charge is -2.42. The molecule has 0 spiro atoms. The zero-order valence-electron chi connectivity index (χ0n) is 30.6. The van der Waals surface area contributed by atoms with Crippen molar-refractivity contribution < 1.29 is 93.8 Å². The van der Waals surface area contributed by atoms with Gasteiger partial charge in [-0.15, -0.1) is 0 Å². The first kappa shape index (κ1) is 42.9. The molecule has 0 bridgehead atoms. The number of rotatable bonds is 15. The van der Waals surface area contributed by atoms with E-state index < -0.39 is 111 Å². The Balaban J connectivity index is 1.25. The first-order chi connectivity index (χ1) is 26.1. The van der Waals surface area contributed by atoms with Gasteiger partial charge in [0.1, 0.15) is 72.0 Å². The fraction of sp³-hybridized carbons (Fsp3) is 0.639. The topological polar surface area (TPSA) is 293 Å². The summed E-state index contributed by atoms with van der Waals surface area (Å²) in [6.07, 6.45) is -18.7. The van der Waals surface area contributed by atoms with Crippen molar-refractivity contribution in [1.29, 1.82) is 0 Å². The molecule has 55 heavy (non-hydrogen) atoms. The van der Waals surface area contributed by atoms with Crippen molar-refractivity contribution in [2.75, 3.05) is 26.9 Å². The van der Waals surface area contributed by atoms with Crippen LogP contribution in [0, 0.1) is 12.8 Å². The van der Waals surface area contributed by atoms with Gasteiger partial charge in [0.15, 0.2) is 30.4 Å². The number of benzene rings is 2. The Morgan fingerprint density at radius 1 is 0.891 bits per heavy atom. The normalized spacial score (nSPS) is 33.1. The summed E-state index contributed by atoms with van der Waals surface area (Å²) < 4.78 is 44.7. The van der Waals surface area contributed by atoms with Crippen LogP contribution in [0.2, 0.25) is 0 Å². The Hall–Kier alpha value is -3.25. The molecule has 3 aliphatic heterocycles. The molecular weight excluding hydrogens is 736 g/mol. The van der Waals surface area contributed by atoms with Gasteiger partial charge in [0.25, 0.3) is 0 Å². The van der Waals surface area contributed by atoms with Crippen molar-refractivity contribution >= 4 is 5.97 Å². The molecular formula is C36H50O19. The summed E-state index contributed by atoms with van der Waals surface area (Å²) in [4.78, 5) is 12.4. The molecule has 308 valence electrons. The number of aromatic hydroxyl groups is 1. The van der Waals surface area contributed by atoms with Gasteiger partial charge in [-0.1, -0.05) is 13.8 Å². The van der Waals surface area contributed by atoms with E-state index in [0.29, 0.717) is 12.0 Å². The number of methoxy groups -OCH3 is 1. The quantitative estimate of drug-likeness (QED) is 0.105. The highest BCUT2D eigenvalue weighted by Gasteiger charge is 2.50. The third-order valence-corrected chi connectivity index (χ3v) is 9.49. The number of phenolic OH excluding ortho intramolecular Hbond substituents is 1. The van der Waals surface area contributed by atoms with Gasteiger partial charge in [0, 0.05) is 11.1 Å². The van der Waals surface area contributed by atoms with E-state index in [1.807, 2.05) is 13.8 Å². The highest BCUT2D eigenvalue weighted by Crippen LogP contribution is 2.43. The molecule has 10 N–H and O–H groups in total. The molecule has 13 atom stereocenters.